The highest BCUT2D eigenvalue weighted by Crippen LogP contribution is 2.26. The third-order valence-corrected chi connectivity index (χ3v) is 3.98. The van der Waals surface area contributed by atoms with E-state index in [9.17, 15) is 9.18 Å². The Morgan fingerprint density at radius 3 is 2.77 bits per heavy atom. The van der Waals surface area contributed by atoms with Gasteiger partial charge in [0.2, 0.25) is 0 Å². The minimum Gasteiger partial charge on any atom is -0.312 e. The molecule has 1 aromatic carbocycles. The fraction of sp³-hybridized carbons (Fsp3) is 0.133. The van der Waals surface area contributed by atoms with E-state index >= 15 is 0 Å². The first-order valence-electron chi connectivity index (χ1n) is 6.63. The molecular formula is C15H13FN4OS. The summed E-state index contributed by atoms with van der Waals surface area (Å²) in [5.74, 6) is -0.299. The van der Waals surface area contributed by atoms with E-state index in [4.69, 9.17) is 0 Å². The van der Waals surface area contributed by atoms with Crippen molar-refractivity contribution in [2.45, 2.75) is 16.5 Å². The van der Waals surface area contributed by atoms with Gasteiger partial charge >= 0.3 is 6.03 Å². The van der Waals surface area contributed by atoms with Crippen LogP contribution < -0.4 is 10.2 Å². The number of benzene rings is 1. The predicted octanol–water partition coefficient (Wildman–Crippen LogP) is 3.20. The number of nitrogens with zero attached hydrogens (tertiary/aromatic N) is 3. The van der Waals surface area contributed by atoms with Crippen LogP contribution in [0.15, 0.2) is 59.0 Å². The summed E-state index contributed by atoms with van der Waals surface area (Å²) in [6.45, 7) is 4.28. The number of nitrogens with one attached hydrogen (secondary N) is 1. The Balaban J connectivity index is 1.73. The lowest BCUT2D eigenvalue weighted by atomic mass is 10.2. The second-order valence-corrected chi connectivity index (χ2v) is 5.76. The van der Waals surface area contributed by atoms with E-state index in [0.717, 1.165) is 4.90 Å². The molecule has 112 valence electrons. The highest BCUT2D eigenvalue weighted by atomic mass is 32.2. The van der Waals surface area contributed by atoms with E-state index in [2.05, 4.69) is 21.9 Å². The lowest BCUT2D eigenvalue weighted by Crippen LogP contribution is -2.45. The number of hydrogen-bond acceptors (Lipinski definition) is 4. The SMILES string of the molecule is C=C1CCN(c2cnc(Sc3cccc(F)c3)nc2)C(=O)N1. The van der Waals surface area contributed by atoms with Gasteiger partial charge in [-0.15, -0.1) is 0 Å². The number of rotatable bonds is 3. The third kappa shape index (κ3) is 3.25. The number of hydrogen-bond donors (Lipinski definition) is 1. The second-order valence-electron chi connectivity index (χ2n) is 4.72. The maximum Gasteiger partial charge on any atom is 0.326 e. The Bertz CT molecular complexity index is 720. The lowest BCUT2D eigenvalue weighted by molar-refractivity contribution is 0.246. The molecule has 5 nitrogen and oxygen atoms in total. The van der Waals surface area contributed by atoms with E-state index in [0.29, 0.717) is 29.5 Å². The number of urea groups is 1. The normalized spacial score (nSPS) is 14.9. The summed E-state index contributed by atoms with van der Waals surface area (Å²) in [6.07, 6.45) is 3.86. The lowest BCUT2D eigenvalue weighted by Gasteiger charge is -2.28. The number of carbonyl (C=O) groups excluding carboxylic acids is 1. The zero-order chi connectivity index (χ0) is 15.5. The van der Waals surface area contributed by atoms with Gasteiger partial charge in [-0.3, -0.25) is 4.90 Å². The number of aromatic nitrogens is 2. The van der Waals surface area contributed by atoms with Gasteiger partial charge < -0.3 is 5.32 Å². The van der Waals surface area contributed by atoms with Crippen LogP contribution in [0.2, 0.25) is 0 Å². The molecule has 0 saturated carbocycles. The molecule has 1 aromatic heterocycles. The summed E-state index contributed by atoms with van der Waals surface area (Å²) in [5, 5.41) is 3.18. The van der Waals surface area contributed by atoms with E-state index in [-0.39, 0.29) is 11.8 Å². The Hall–Kier alpha value is -2.41. The molecule has 0 spiro atoms. The van der Waals surface area contributed by atoms with Gasteiger partial charge in [0.25, 0.3) is 0 Å². The van der Waals surface area contributed by atoms with Crippen LogP contribution >= 0.6 is 11.8 Å². The summed E-state index contributed by atoms with van der Waals surface area (Å²) in [4.78, 5) is 22.6. The van der Waals surface area contributed by atoms with Crippen molar-refractivity contribution in [2.24, 2.45) is 0 Å². The first kappa shape index (κ1) is 14.5. The smallest absolute Gasteiger partial charge is 0.312 e. The van der Waals surface area contributed by atoms with Gasteiger partial charge in [0.15, 0.2) is 5.16 Å². The highest BCUT2D eigenvalue weighted by molar-refractivity contribution is 7.99. The molecule has 1 fully saturated rings. The Morgan fingerprint density at radius 2 is 2.09 bits per heavy atom. The van der Waals surface area contributed by atoms with Gasteiger partial charge in [0.1, 0.15) is 5.82 Å². The molecule has 0 atom stereocenters. The van der Waals surface area contributed by atoms with E-state index in [1.165, 1.54) is 23.9 Å². The van der Waals surface area contributed by atoms with E-state index in [1.54, 1.807) is 29.4 Å². The maximum atomic E-state index is 13.1. The average molecular weight is 316 g/mol. The average Bonchev–Trinajstić information content (AvgIpc) is 2.48. The molecule has 1 saturated heterocycles. The van der Waals surface area contributed by atoms with Crippen LogP contribution in [0.5, 0.6) is 0 Å². The van der Waals surface area contributed by atoms with Gasteiger partial charge in [-0.25, -0.2) is 19.2 Å². The minimum atomic E-state index is -0.299. The van der Waals surface area contributed by atoms with Crippen LogP contribution in [0, 0.1) is 5.82 Å². The van der Waals surface area contributed by atoms with Crippen molar-refractivity contribution >= 4 is 23.5 Å². The summed E-state index contributed by atoms with van der Waals surface area (Å²) < 4.78 is 13.1. The molecular weight excluding hydrogens is 303 g/mol. The first-order valence-corrected chi connectivity index (χ1v) is 7.45. The van der Waals surface area contributed by atoms with Crippen molar-refractivity contribution in [1.29, 1.82) is 0 Å². The molecule has 0 radical (unpaired) electrons. The first-order chi connectivity index (χ1) is 10.6. The van der Waals surface area contributed by atoms with Crippen LogP contribution in [0.4, 0.5) is 14.9 Å². The highest BCUT2D eigenvalue weighted by Gasteiger charge is 2.21. The molecule has 1 aliphatic heterocycles. The molecule has 3 rings (SSSR count). The molecule has 2 aromatic rings. The van der Waals surface area contributed by atoms with Crippen molar-refractivity contribution in [3.63, 3.8) is 0 Å². The molecule has 2 amide bonds. The fourth-order valence-electron chi connectivity index (χ4n) is 2.01. The number of halogens is 1. The van der Waals surface area contributed by atoms with Crippen LogP contribution in [-0.4, -0.2) is 22.5 Å². The number of anilines is 1. The van der Waals surface area contributed by atoms with Crippen molar-refractivity contribution in [1.82, 2.24) is 15.3 Å². The number of carbonyl (C=O) groups is 1. The van der Waals surface area contributed by atoms with Gasteiger partial charge in [-0.05, 0) is 30.0 Å². The zero-order valence-electron chi connectivity index (χ0n) is 11.6. The molecule has 0 aliphatic carbocycles. The van der Waals surface area contributed by atoms with Crippen LogP contribution in [0.1, 0.15) is 6.42 Å². The predicted molar refractivity (Wildman–Crippen MR) is 82.2 cm³/mol. The van der Waals surface area contributed by atoms with Crippen LogP contribution in [0.25, 0.3) is 0 Å². The van der Waals surface area contributed by atoms with Crippen molar-refractivity contribution < 1.29 is 9.18 Å². The Labute approximate surface area is 131 Å². The topological polar surface area (TPSA) is 58.1 Å². The van der Waals surface area contributed by atoms with Crippen LogP contribution in [0.3, 0.4) is 0 Å². The largest absolute Gasteiger partial charge is 0.326 e. The number of amides is 2. The van der Waals surface area contributed by atoms with Gasteiger partial charge in [0, 0.05) is 23.6 Å². The molecule has 1 N–H and O–H groups in total. The molecule has 0 unspecified atom stereocenters. The van der Waals surface area contributed by atoms with Crippen molar-refractivity contribution in [3.05, 3.63) is 54.8 Å². The van der Waals surface area contributed by atoms with E-state index in [1.807, 2.05) is 0 Å². The Morgan fingerprint density at radius 1 is 1.32 bits per heavy atom. The van der Waals surface area contributed by atoms with Crippen molar-refractivity contribution in [3.8, 4) is 0 Å². The van der Waals surface area contributed by atoms with Gasteiger partial charge in [0.05, 0.1) is 18.1 Å². The summed E-state index contributed by atoms with van der Waals surface area (Å²) in [6, 6.07) is 6.00. The fourth-order valence-corrected chi connectivity index (χ4v) is 2.75. The summed E-state index contributed by atoms with van der Waals surface area (Å²) >= 11 is 1.26. The molecule has 22 heavy (non-hydrogen) atoms. The minimum absolute atomic E-state index is 0.231. The maximum absolute atomic E-state index is 13.1. The molecule has 7 heteroatoms. The Kier molecular flexibility index (Phi) is 4.06. The third-order valence-electron chi connectivity index (χ3n) is 3.10. The second kappa shape index (κ2) is 6.15. The molecule has 1 aliphatic rings. The van der Waals surface area contributed by atoms with E-state index < -0.39 is 0 Å². The van der Waals surface area contributed by atoms with Crippen LogP contribution in [-0.2, 0) is 0 Å². The summed E-state index contributed by atoms with van der Waals surface area (Å²) in [5.41, 5.74) is 1.33. The zero-order valence-corrected chi connectivity index (χ0v) is 12.4. The quantitative estimate of drug-likeness (QED) is 0.884. The van der Waals surface area contributed by atoms with Crippen molar-refractivity contribution in [2.75, 3.05) is 11.4 Å². The van der Waals surface area contributed by atoms with Gasteiger partial charge in [-0.1, -0.05) is 12.6 Å². The molecule has 0 bridgehead atoms. The molecule has 2 heterocycles. The monoisotopic (exact) mass is 316 g/mol. The standard InChI is InChI=1S/C15H13FN4OS/c1-10-5-6-20(15(21)19-10)12-8-17-14(18-9-12)22-13-4-2-3-11(16)7-13/h2-4,7-9H,1,5-6H2,(H,19,21). The van der Waals surface area contributed by atoms with Gasteiger partial charge in [-0.2, -0.15) is 0 Å². The summed E-state index contributed by atoms with van der Waals surface area (Å²) in [7, 11) is 0.